The van der Waals surface area contributed by atoms with Crippen LogP contribution in [0.4, 0.5) is 4.39 Å². The molecule has 128 valence electrons. The fourth-order valence-electron chi connectivity index (χ4n) is 2.51. The van der Waals surface area contributed by atoms with Crippen LogP contribution in [-0.2, 0) is 11.2 Å². The van der Waals surface area contributed by atoms with Gasteiger partial charge in [-0.1, -0.05) is 37.3 Å². The predicted octanol–water partition coefficient (Wildman–Crippen LogP) is 4.41. The fraction of sp³-hybridized carbons (Fsp3) is 0.200. The molecule has 0 saturated carbocycles. The molecular weight excluding hydrogens is 335 g/mol. The summed E-state index contributed by atoms with van der Waals surface area (Å²) in [5.74, 6) is -0.0541. The van der Waals surface area contributed by atoms with E-state index in [2.05, 4.69) is 29.4 Å². The number of hydrogen-bond donors (Lipinski definition) is 1. The minimum absolute atomic E-state index is 0.0428. The predicted molar refractivity (Wildman–Crippen MR) is 99.1 cm³/mol. The van der Waals surface area contributed by atoms with E-state index < -0.39 is 0 Å². The molecule has 3 nitrogen and oxygen atoms in total. The van der Waals surface area contributed by atoms with Crippen LogP contribution in [0.15, 0.2) is 60.0 Å². The molecule has 0 radical (unpaired) electrons. The number of carbonyl (C=O) groups excluding carboxylic acids is 1. The number of rotatable bonds is 6. The van der Waals surface area contributed by atoms with Crippen molar-refractivity contribution in [2.75, 3.05) is 6.54 Å². The molecule has 25 heavy (non-hydrogen) atoms. The highest BCUT2D eigenvalue weighted by molar-refractivity contribution is 7.13. The van der Waals surface area contributed by atoms with Crippen molar-refractivity contribution in [3.8, 4) is 10.6 Å². The van der Waals surface area contributed by atoms with Crippen molar-refractivity contribution in [2.24, 2.45) is 0 Å². The Labute approximate surface area is 150 Å². The first kappa shape index (κ1) is 17.3. The van der Waals surface area contributed by atoms with Crippen molar-refractivity contribution in [3.05, 3.63) is 77.1 Å². The van der Waals surface area contributed by atoms with Gasteiger partial charge < -0.3 is 5.32 Å². The second kappa shape index (κ2) is 8.03. The Morgan fingerprint density at radius 2 is 1.88 bits per heavy atom. The minimum Gasteiger partial charge on any atom is -0.355 e. The van der Waals surface area contributed by atoms with Gasteiger partial charge in [-0.3, -0.25) is 4.79 Å². The zero-order chi connectivity index (χ0) is 17.6. The van der Waals surface area contributed by atoms with Crippen LogP contribution < -0.4 is 5.32 Å². The molecule has 1 N–H and O–H groups in total. The summed E-state index contributed by atoms with van der Waals surface area (Å²) < 4.78 is 13.0. The Kier molecular flexibility index (Phi) is 5.56. The highest BCUT2D eigenvalue weighted by Gasteiger charge is 2.11. The average molecular weight is 354 g/mol. The molecule has 0 aliphatic rings. The number of aromatic nitrogens is 1. The maximum Gasteiger partial charge on any atom is 0.226 e. The monoisotopic (exact) mass is 354 g/mol. The van der Waals surface area contributed by atoms with Crippen LogP contribution in [0.1, 0.15) is 24.1 Å². The first-order valence-electron chi connectivity index (χ1n) is 8.14. The molecule has 0 unspecified atom stereocenters. The molecule has 3 rings (SSSR count). The lowest BCUT2D eigenvalue weighted by atomic mass is 10.0. The number of thiazole rings is 1. The van der Waals surface area contributed by atoms with Gasteiger partial charge in [-0.05, 0) is 35.7 Å². The zero-order valence-electron chi connectivity index (χ0n) is 13.9. The molecule has 1 aromatic heterocycles. The van der Waals surface area contributed by atoms with Crippen LogP contribution in [0.2, 0.25) is 0 Å². The SMILES string of the molecule is C[C@@H](CNC(=O)Cc1csc(-c2ccc(F)cc2)n1)c1ccccc1. The summed E-state index contributed by atoms with van der Waals surface area (Å²) in [5, 5.41) is 5.63. The number of amides is 1. The van der Waals surface area contributed by atoms with Crippen molar-refractivity contribution in [2.45, 2.75) is 19.3 Å². The number of carbonyl (C=O) groups is 1. The van der Waals surface area contributed by atoms with E-state index >= 15 is 0 Å². The lowest BCUT2D eigenvalue weighted by molar-refractivity contribution is -0.120. The molecule has 0 aliphatic heterocycles. The number of hydrogen-bond acceptors (Lipinski definition) is 3. The Balaban J connectivity index is 1.54. The van der Waals surface area contributed by atoms with Gasteiger partial charge in [-0.15, -0.1) is 11.3 Å². The van der Waals surface area contributed by atoms with E-state index in [0.717, 1.165) is 16.3 Å². The van der Waals surface area contributed by atoms with E-state index in [1.54, 1.807) is 12.1 Å². The van der Waals surface area contributed by atoms with Crippen molar-refractivity contribution >= 4 is 17.2 Å². The first-order chi connectivity index (χ1) is 12.1. The van der Waals surface area contributed by atoms with Crippen LogP contribution in [-0.4, -0.2) is 17.4 Å². The third-order valence-corrected chi connectivity index (χ3v) is 4.90. The molecule has 1 atom stereocenters. The lowest BCUT2D eigenvalue weighted by Crippen LogP contribution is -2.28. The second-order valence-electron chi connectivity index (χ2n) is 5.94. The molecular formula is C20H19FN2OS. The molecule has 1 heterocycles. The summed E-state index contributed by atoms with van der Waals surface area (Å²) in [5.41, 5.74) is 2.79. The zero-order valence-corrected chi connectivity index (χ0v) is 14.7. The Bertz CT molecular complexity index is 830. The molecule has 0 bridgehead atoms. The third-order valence-electron chi connectivity index (χ3n) is 3.96. The third kappa shape index (κ3) is 4.73. The summed E-state index contributed by atoms with van der Waals surface area (Å²) in [7, 11) is 0. The van der Waals surface area contributed by atoms with Gasteiger partial charge in [0.05, 0.1) is 12.1 Å². The van der Waals surface area contributed by atoms with E-state index in [-0.39, 0.29) is 24.1 Å². The largest absolute Gasteiger partial charge is 0.355 e. The second-order valence-corrected chi connectivity index (χ2v) is 6.80. The van der Waals surface area contributed by atoms with Gasteiger partial charge in [-0.25, -0.2) is 9.37 Å². The maximum absolute atomic E-state index is 13.0. The van der Waals surface area contributed by atoms with Gasteiger partial charge in [0.25, 0.3) is 0 Å². The molecule has 3 aromatic rings. The van der Waals surface area contributed by atoms with Crippen LogP contribution in [0.3, 0.4) is 0 Å². The average Bonchev–Trinajstić information content (AvgIpc) is 3.09. The highest BCUT2D eigenvalue weighted by atomic mass is 32.1. The van der Waals surface area contributed by atoms with Crippen molar-refractivity contribution in [1.29, 1.82) is 0 Å². The Morgan fingerprint density at radius 1 is 1.16 bits per heavy atom. The number of nitrogens with one attached hydrogen (secondary N) is 1. The van der Waals surface area contributed by atoms with Gasteiger partial charge in [0.15, 0.2) is 0 Å². The summed E-state index contributed by atoms with van der Waals surface area (Å²) in [6.07, 6.45) is 0.249. The van der Waals surface area contributed by atoms with Crippen LogP contribution in [0, 0.1) is 5.82 Å². The van der Waals surface area contributed by atoms with Gasteiger partial charge in [0.1, 0.15) is 10.8 Å². The summed E-state index contributed by atoms with van der Waals surface area (Å²) >= 11 is 1.46. The van der Waals surface area contributed by atoms with E-state index in [9.17, 15) is 9.18 Å². The summed E-state index contributed by atoms with van der Waals surface area (Å²) in [6.45, 7) is 2.68. The van der Waals surface area contributed by atoms with Gasteiger partial charge in [0, 0.05) is 17.5 Å². The lowest BCUT2D eigenvalue weighted by Gasteiger charge is -2.12. The van der Waals surface area contributed by atoms with Crippen molar-refractivity contribution < 1.29 is 9.18 Å². The molecule has 0 spiro atoms. The topological polar surface area (TPSA) is 42.0 Å². The van der Waals surface area contributed by atoms with Crippen LogP contribution in [0.5, 0.6) is 0 Å². The number of nitrogens with zero attached hydrogens (tertiary/aromatic N) is 1. The molecule has 0 fully saturated rings. The Hall–Kier alpha value is -2.53. The molecule has 5 heteroatoms. The summed E-state index contributed by atoms with van der Waals surface area (Å²) in [6, 6.07) is 16.3. The molecule has 2 aromatic carbocycles. The first-order valence-corrected chi connectivity index (χ1v) is 9.02. The Morgan fingerprint density at radius 3 is 2.60 bits per heavy atom. The molecule has 1 amide bonds. The maximum atomic E-state index is 13.0. The quantitative estimate of drug-likeness (QED) is 0.712. The number of benzene rings is 2. The van der Waals surface area contributed by atoms with E-state index in [1.165, 1.54) is 29.0 Å². The highest BCUT2D eigenvalue weighted by Crippen LogP contribution is 2.24. The summed E-state index contributed by atoms with van der Waals surface area (Å²) in [4.78, 5) is 16.6. The molecule has 0 aliphatic carbocycles. The van der Waals surface area contributed by atoms with E-state index in [1.807, 2.05) is 23.6 Å². The van der Waals surface area contributed by atoms with Crippen molar-refractivity contribution in [3.63, 3.8) is 0 Å². The molecule has 0 saturated heterocycles. The fourth-order valence-corrected chi connectivity index (χ4v) is 3.33. The standard InChI is InChI=1S/C20H19FN2OS/c1-14(15-5-3-2-4-6-15)12-22-19(24)11-18-13-25-20(23-18)16-7-9-17(21)10-8-16/h2-10,13-14H,11-12H2,1H3,(H,22,24)/t14-/m0/s1. The number of halogens is 1. The van der Waals surface area contributed by atoms with E-state index in [0.29, 0.717) is 6.54 Å². The van der Waals surface area contributed by atoms with Gasteiger partial charge >= 0.3 is 0 Å². The smallest absolute Gasteiger partial charge is 0.226 e. The van der Waals surface area contributed by atoms with Crippen LogP contribution >= 0.6 is 11.3 Å². The van der Waals surface area contributed by atoms with Gasteiger partial charge in [-0.2, -0.15) is 0 Å². The normalized spacial score (nSPS) is 11.9. The van der Waals surface area contributed by atoms with Gasteiger partial charge in [0.2, 0.25) is 5.91 Å². The minimum atomic E-state index is -0.271. The van der Waals surface area contributed by atoms with E-state index in [4.69, 9.17) is 0 Å². The van der Waals surface area contributed by atoms with Crippen molar-refractivity contribution in [1.82, 2.24) is 10.3 Å². The van der Waals surface area contributed by atoms with Crippen LogP contribution in [0.25, 0.3) is 10.6 Å².